The Morgan fingerprint density at radius 3 is 2.22 bits per heavy atom. The molecule has 0 saturated heterocycles. The minimum atomic E-state index is 0. The highest BCUT2D eigenvalue weighted by Crippen LogP contribution is 2.59. The van der Waals surface area contributed by atoms with Gasteiger partial charge in [0, 0.05) is 13.1 Å². The lowest BCUT2D eigenvalue weighted by Gasteiger charge is -2.57. The Hall–Kier alpha value is 0. The second kappa shape index (κ2) is 4.84. The zero-order valence-electron chi connectivity index (χ0n) is 11.0. The molecular formula is C14H24IN3. The summed E-state index contributed by atoms with van der Waals surface area (Å²) in [5.74, 6) is 4.23. The van der Waals surface area contributed by atoms with Crippen molar-refractivity contribution in [1.82, 2.24) is 10.6 Å². The van der Waals surface area contributed by atoms with Gasteiger partial charge in [0.1, 0.15) is 0 Å². The molecule has 2 N–H and O–H groups in total. The molecule has 0 aromatic rings. The van der Waals surface area contributed by atoms with E-state index in [1.807, 2.05) is 0 Å². The van der Waals surface area contributed by atoms with Gasteiger partial charge in [-0.05, 0) is 61.7 Å². The third-order valence-electron chi connectivity index (χ3n) is 5.47. The SMILES string of the molecule is C1CNC(NCC23CC4CC(CC(C4)C2)C3)=N1.I. The molecule has 102 valence electrons. The molecule has 0 atom stereocenters. The minimum absolute atomic E-state index is 0. The molecular weight excluding hydrogens is 337 g/mol. The van der Waals surface area contributed by atoms with Crippen LogP contribution in [0, 0.1) is 23.2 Å². The smallest absolute Gasteiger partial charge is 0.191 e. The van der Waals surface area contributed by atoms with E-state index in [4.69, 9.17) is 0 Å². The average molecular weight is 361 g/mol. The minimum Gasteiger partial charge on any atom is -0.356 e. The second-order valence-corrected chi connectivity index (χ2v) is 6.93. The summed E-state index contributed by atoms with van der Waals surface area (Å²) in [4.78, 5) is 4.45. The maximum atomic E-state index is 4.45. The van der Waals surface area contributed by atoms with Crippen molar-refractivity contribution >= 4 is 29.9 Å². The van der Waals surface area contributed by atoms with Crippen LogP contribution in [-0.2, 0) is 0 Å². The van der Waals surface area contributed by atoms with E-state index in [1.165, 1.54) is 45.1 Å². The lowest BCUT2D eigenvalue weighted by Crippen LogP contribution is -2.52. The van der Waals surface area contributed by atoms with Crippen molar-refractivity contribution in [3.8, 4) is 0 Å². The summed E-state index contributed by atoms with van der Waals surface area (Å²) < 4.78 is 0. The van der Waals surface area contributed by atoms with E-state index in [1.54, 1.807) is 0 Å². The van der Waals surface area contributed by atoms with E-state index in [9.17, 15) is 0 Å². The first kappa shape index (κ1) is 13.0. The zero-order chi connectivity index (χ0) is 11.3. The number of guanidine groups is 1. The molecule has 4 bridgehead atoms. The van der Waals surface area contributed by atoms with Crippen LogP contribution in [0.4, 0.5) is 0 Å². The lowest BCUT2D eigenvalue weighted by molar-refractivity contribution is -0.0491. The molecule has 4 saturated carbocycles. The highest BCUT2D eigenvalue weighted by molar-refractivity contribution is 14.0. The van der Waals surface area contributed by atoms with Gasteiger partial charge in [0.15, 0.2) is 5.96 Å². The van der Waals surface area contributed by atoms with Crippen molar-refractivity contribution < 1.29 is 0 Å². The number of rotatable bonds is 2. The molecule has 3 nitrogen and oxygen atoms in total. The maximum Gasteiger partial charge on any atom is 0.191 e. The highest BCUT2D eigenvalue weighted by Gasteiger charge is 2.50. The summed E-state index contributed by atoms with van der Waals surface area (Å²) in [6, 6.07) is 0. The molecule has 0 radical (unpaired) electrons. The van der Waals surface area contributed by atoms with Crippen molar-refractivity contribution in [3.05, 3.63) is 0 Å². The fraction of sp³-hybridized carbons (Fsp3) is 0.929. The molecule has 0 aromatic heterocycles. The molecule has 0 aromatic carbocycles. The van der Waals surface area contributed by atoms with E-state index in [2.05, 4.69) is 15.6 Å². The molecule has 4 aliphatic carbocycles. The summed E-state index contributed by atoms with van der Waals surface area (Å²) in [7, 11) is 0. The molecule has 1 aliphatic heterocycles. The Morgan fingerprint density at radius 1 is 1.11 bits per heavy atom. The van der Waals surface area contributed by atoms with Crippen LogP contribution in [0.5, 0.6) is 0 Å². The second-order valence-electron chi connectivity index (χ2n) is 6.93. The predicted molar refractivity (Wildman–Crippen MR) is 84.3 cm³/mol. The van der Waals surface area contributed by atoms with Crippen molar-refractivity contribution in [1.29, 1.82) is 0 Å². The summed E-state index contributed by atoms with van der Waals surface area (Å²) in [5, 5.41) is 6.91. The van der Waals surface area contributed by atoms with Gasteiger partial charge in [-0.1, -0.05) is 0 Å². The Morgan fingerprint density at radius 2 is 1.72 bits per heavy atom. The molecule has 1 heterocycles. The Kier molecular flexibility index (Phi) is 3.49. The topological polar surface area (TPSA) is 36.4 Å². The van der Waals surface area contributed by atoms with Crippen LogP contribution >= 0.6 is 24.0 Å². The molecule has 18 heavy (non-hydrogen) atoms. The standard InChI is InChI=1S/C14H23N3.HI/c1-2-16-13(15-1)17-9-14-6-10-3-11(7-14)5-12(4-10)8-14;/h10-12H,1-9H2,(H2,15,16,17);1H. The molecule has 0 unspecified atom stereocenters. The van der Waals surface area contributed by atoms with Crippen LogP contribution < -0.4 is 10.6 Å². The van der Waals surface area contributed by atoms with Crippen molar-refractivity contribution in [3.63, 3.8) is 0 Å². The number of hydrogen-bond donors (Lipinski definition) is 2. The van der Waals surface area contributed by atoms with Crippen LogP contribution in [0.25, 0.3) is 0 Å². The largest absolute Gasteiger partial charge is 0.356 e. The highest BCUT2D eigenvalue weighted by atomic mass is 127. The maximum absolute atomic E-state index is 4.45. The Bertz CT molecular complexity index is 318. The van der Waals surface area contributed by atoms with Gasteiger partial charge in [0.05, 0.1) is 6.54 Å². The Labute approximate surface area is 127 Å². The molecule has 5 rings (SSSR count). The number of halogens is 1. The third-order valence-corrected chi connectivity index (χ3v) is 5.47. The monoisotopic (exact) mass is 361 g/mol. The summed E-state index contributed by atoms with van der Waals surface area (Å²) in [5.41, 5.74) is 0.627. The van der Waals surface area contributed by atoms with Gasteiger partial charge in [-0.2, -0.15) is 0 Å². The first-order valence-electron chi connectivity index (χ1n) is 7.34. The van der Waals surface area contributed by atoms with Gasteiger partial charge in [-0.15, -0.1) is 24.0 Å². The molecule has 0 amide bonds. The molecule has 0 spiro atoms. The van der Waals surface area contributed by atoms with Gasteiger partial charge in [-0.3, -0.25) is 4.99 Å². The van der Waals surface area contributed by atoms with Crippen molar-refractivity contribution in [2.75, 3.05) is 19.6 Å². The van der Waals surface area contributed by atoms with Gasteiger partial charge in [-0.25, -0.2) is 0 Å². The number of nitrogens with one attached hydrogen (secondary N) is 2. The number of aliphatic imine (C=N–C) groups is 1. The van der Waals surface area contributed by atoms with E-state index < -0.39 is 0 Å². The first-order chi connectivity index (χ1) is 8.31. The average Bonchev–Trinajstić information content (AvgIpc) is 2.77. The number of nitrogens with zero attached hydrogens (tertiary/aromatic N) is 1. The quantitative estimate of drug-likeness (QED) is 0.741. The number of hydrogen-bond acceptors (Lipinski definition) is 3. The van der Waals surface area contributed by atoms with Gasteiger partial charge < -0.3 is 10.6 Å². The van der Waals surface area contributed by atoms with Crippen LogP contribution in [0.3, 0.4) is 0 Å². The van der Waals surface area contributed by atoms with Crippen molar-refractivity contribution in [2.45, 2.75) is 38.5 Å². The predicted octanol–water partition coefficient (Wildman–Crippen LogP) is 2.37. The molecule has 4 fully saturated rings. The fourth-order valence-corrected chi connectivity index (χ4v) is 5.29. The lowest BCUT2D eigenvalue weighted by atomic mass is 9.49. The van der Waals surface area contributed by atoms with E-state index >= 15 is 0 Å². The van der Waals surface area contributed by atoms with E-state index in [0.29, 0.717) is 5.41 Å². The zero-order valence-corrected chi connectivity index (χ0v) is 13.3. The van der Waals surface area contributed by atoms with Gasteiger partial charge >= 0.3 is 0 Å². The summed E-state index contributed by atoms with van der Waals surface area (Å²) in [6.45, 7) is 3.13. The van der Waals surface area contributed by atoms with Gasteiger partial charge in [0.2, 0.25) is 0 Å². The third kappa shape index (κ3) is 2.25. The molecule has 5 aliphatic rings. The van der Waals surface area contributed by atoms with Crippen LogP contribution in [0.15, 0.2) is 4.99 Å². The van der Waals surface area contributed by atoms with Crippen LogP contribution in [0.1, 0.15) is 38.5 Å². The van der Waals surface area contributed by atoms with E-state index in [-0.39, 0.29) is 24.0 Å². The van der Waals surface area contributed by atoms with Gasteiger partial charge in [0.25, 0.3) is 0 Å². The van der Waals surface area contributed by atoms with E-state index in [0.717, 1.165) is 36.8 Å². The fourth-order valence-electron chi connectivity index (χ4n) is 5.29. The van der Waals surface area contributed by atoms with Crippen LogP contribution in [-0.4, -0.2) is 25.6 Å². The summed E-state index contributed by atoms with van der Waals surface area (Å²) in [6.07, 6.45) is 9.08. The molecule has 4 heteroatoms. The summed E-state index contributed by atoms with van der Waals surface area (Å²) >= 11 is 0. The van der Waals surface area contributed by atoms with Crippen LogP contribution in [0.2, 0.25) is 0 Å². The first-order valence-corrected chi connectivity index (χ1v) is 7.34. The normalized spacial score (nSPS) is 44.2. The Balaban J connectivity index is 0.000001000. The van der Waals surface area contributed by atoms with Crippen molar-refractivity contribution in [2.24, 2.45) is 28.2 Å².